The van der Waals surface area contributed by atoms with E-state index in [1.165, 1.54) is 4.90 Å². The largest absolute Gasteiger partial charge is 0.488 e. The van der Waals surface area contributed by atoms with Gasteiger partial charge in [-0.25, -0.2) is 0 Å². The molecule has 0 fully saturated rings. The summed E-state index contributed by atoms with van der Waals surface area (Å²) in [4.78, 5) is 30.4. The summed E-state index contributed by atoms with van der Waals surface area (Å²) in [6.45, 7) is 0.772. The number of benzene rings is 2. The number of aromatic nitrogens is 1. The van der Waals surface area contributed by atoms with Crippen LogP contribution in [-0.4, -0.2) is 35.8 Å². The Hall–Kier alpha value is -3.67. The van der Waals surface area contributed by atoms with Gasteiger partial charge in [0.1, 0.15) is 12.4 Å². The van der Waals surface area contributed by atoms with Crippen LogP contribution in [0.5, 0.6) is 5.75 Å². The van der Waals surface area contributed by atoms with Gasteiger partial charge in [-0.3, -0.25) is 14.6 Å². The summed E-state index contributed by atoms with van der Waals surface area (Å²) in [6.07, 6.45) is 3.55. The molecule has 1 aromatic heterocycles. The first kappa shape index (κ1) is 18.7. The predicted molar refractivity (Wildman–Crippen MR) is 110 cm³/mol. The SMILES string of the molecule is CN(C)C(=O)c1cccc(CNC(=O)c2ccc3c(c2)OCc2cnccc2-3)c1. The minimum atomic E-state index is -0.193. The molecule has 2 aromatic carbocycles. The molecule has 0 spiro atoms. The maximum absolute atomic E-state index is 12.6. The van der Waals surface area contributed by atoms with Gasteiger partial charge in [0.2, 0.25) is 0 Å². The third-order valence-electron chi connectivity index (χ3n) is 4.85. The van der Waals surface area contributed by atoms with Gasteiger partial charge in [0.05, 0.1) is 0 Å². The van der Waals surface area contributed by atoms with E-state index in [-0.39, 0.29) is 11.8 Å². The zero-order chi connectivity index (χ0) is 20.4. The van der Waals surface area contributed by atoms with E-state index in [1.807, 2.05) is 24.3 Å². The average molecular weight is 387 g/mol. The zero-order valence-corrected chi connectivity index (χ0v) is 16.3. The molecule has 1 aliphatic rings. The molecule has 4 rings (SSSR count). The van der Waals surface area contributed by atoms with Crippen molar-refractivity contribution in [2.75, 3.05) is 14.1 Å². The third kappa shape index (κ3) is 3.82. The number of nitrogens with zero attached hydrogens (tertiary/aromatic N) is 2. The van der Waals surface area contributed by atoms with E-state index in [1.54, 1.807) is 50.8 Å². The van der Waals surface area contributed by atoms with Crippen LogP contribution in [-0.2, 0) is 13.2 Å². The number of nitrogens with one attached hydrogen (secondary N) is 1. The van der Waals surface area contributed by atoms with E-state index in [0.717, 1.165) is 22.3 Å². The second kappa shape index (κ2) is 7.75. The van der Waals surface area contributed by atoms with Gasteiger partial charge < -0.3 is 15.0 Å². The van der Waals surface area contributed by atoms with E-state index in [4.69, 9.17) is 4.74 Å². The monoisotopic (exact) mass is 387 g/mol. The molecular weight excluding hydrogens is 366 g/mol. The standard InChI is InChI=1S/C23H21N3O3/c1-26(2)23(28)17-5-3-4-15(10-17)12-25-22(27)16-6-7-20-19-8-9-24-13-18(19)14-29-21(20)11-16/h3-11,13H,12,14H2,1-2H3,(H,25,27). The highest BCUT2D eigenvalue weighted by Crippen LogP contribution is 2.37. The van der Waals surface area contributed by atoms with Crippen molar-refractivity contribution in [1.82, 2.24) is 15.2 Å². The van der Waals surface area contributed by atoms with E-state index in [9.17, 15) is 9.59 Å². The number of carbonyl (C=O) groups is 2. The highest BCUT2D eigenvalue weighted by molar-refractivity contribution is 5.96. The van der Waals surface area contributed by atoms with E-state index >= 15 is 0 Å². The Kier molecular flexibility index (Phi) is 4.99. The minimum absolute atomic E-state index is 0.0690. The molecule has 0 aliphatic carbocycles. The van der Waals surface area contributed by atoms with E-state index in [0.29, 0.717) is 30.0 Å². The molecule has 146 valence electrons. The molecule has 0 saturated carbocycles. The Bertz CT molecular complexity index is 1090. The maximum Gasteiger partial charge on any atom is 0.253 e. The van der Waals surface area contributed by atoms with Crippen molar-refractivity contribution in [1.29, 1.82) is 0 Å². The van der Waals surface area contributed by atoms with Crippen LogP contribution in [0.3, 0.4) is 0 Å². The minimum Gasteiger partial charge on any atom is -0.488 e. The summed E-state index contributed by atoms with van der Waals surface area (Å²) in [5.74, 6) is 0.427. The van der Waals surface area contributed by atoms with Crippen molar-refractivity contribution < 1.29 is 14.3 Å². The molecule has 0 unspecified atom stereocenters. The Balaban J connectivity index is 1.48. The quantitative estimate of drug-likeness (QED) is 0.746. The molecular formula is C23H21N3O3. The molecule has 0 saturated heterocycles. The Morgan fingerprint density at radius 2 is 1.93 bits per heavy atom. The topological polar surface area (TPSA) is 71.5 Å². The first-order valence-corrected chi connectivity index (χ1v) is 9.32. The van der Waals surface area contributed by atoms with Gasteiger partial charge in [0.25, 0.3) is 11.8 Å². The summed E-state index contributed by atoms with van der Waals surface area (Å²) in [7, 11) is 3.42. The van der Waals surface area contributed by atoms with Crippen LogP contribution in [0.15, 0.2) is 60.9 Å². The zero-order valence-electron chi connectivity index (χ0n) is 16.3. The Morgan fingerprint density at radius 3 is 2.76 bits per heavy atom. The molecule has 0 bridgehead atoms. The molecule has 6 heteroatoms. The van der Waals surface area contributed by atoms with Gasteiger partial charge in [0.15, 0.2) is 0 Å². The number of ether oxygens (including phenoxy) is 1. The van der Waals surface area contributed by atoms with Crippen LogP contribution in [0.2, 0.25) is 0 Å². The van der Waals surface area contributed by atoms with Crippen molar-refractivity contribution in [3.63, 3.8) is 0 Å². The molecule has 29 heavy (non-hydrogen) atoms. The summed E-state index contributed by atoms with van der Waals surface area (Å²) in [5.41, 5.74) is 5.06. The number of pyridine rings is 1. The second-order valence-electron chi connectivity index (χ2n) is 7.12. The molecule has 1 aliphatic heterocycles. The average Bonchev–Trinajstić information content (AvgIpc) is 2.76. The van der Waals surface area contributed by atoms with E-state index < -0.39 is 0 Å². The molecule has 2 heterocycles. The highest BCUT2D eigenvalue weighted by Gasteiger charge is 2.19. The number of amides is 2. The number of rotatable bonds is 4. The van der Waals surface area contributed by atoms with Gasteiger partial charge in [-0.05, 0) is 47.5 Å². The predicted octanol–water partition coefficient (Wildman–Crippen LogP) is 3.27. The van der Waals surface area contributed by atoms with Crippen molar-refractivity contribution in [3.8, 4) is 16.9 Å². The smallest absolute Gasteiger partial charge is 0.253 e. The lowest BCUT2D eigenvalue weighted by Crippen LogP contribution is -2.24. The normalized spacial score (nSPS) is 11.7. The first-order chi connectivity index (χ1) is 14.0. The third-order valence-corrected chi connectivity index (χ3v) is 4.85. The molecule has 3 aromatic rings. The van der Waals surface area contributed by atoms with Gasteiger partial charge in [-0.1, -0.05) is 12.1 Å². The molecule has 6 nitrogen and oxygen atoms in total. The van der Waals surface area contributed by atoms with Crippen molar-refractivity contribution in [3.05, 3.63) is 83.2 Å². The summed E-state index contributed by atoms with van der Waals surface area (Å²) < 4.78 is 5.81. The highest BCUT2D eigenvalue weighted by atomic mass is 16.5. The molecule has 0 radical (unpaired) electrons. The molecule has 2 amide bonds. The van der Waals surface area contributed by atoms with Crippen molar-refractivity contribution >= 4 is 11.8 Å². The van der Waals surface area contributed by atoms with Crippen LogP contribution in [0.4, 0.5) is 0 Å². The molecule has 1 N–H and O–H groups in total. The Labute approximate surface area is 169 Å². The summed E-state index contributed by atoms with van der Waals surface area (Å²) in [6, 6.07) is 14.7. The lowest BCUT2D eigenvalue weighted by atomic mass is 9.97. The number of carbonyl (C=O) groups excluding carboxylic acids is 2. The molecule has 0 atom stereocenters. The van der Waals surface area contributed by atoms with Gasteiger partial charge in [-0.2, -0.15) is 0 Å². The van der Waals surface area contributed by atoms with Crippen molar-refractivity contribution in [2.45, 2.75) is 13.2 Å². The lowest BCUT2D eigenvalue weighted by Gasteiger charge is -2.20. The summed E-state index contributed by atoms with van der Waals surface area (Å²) in [5, 5.41) is 2.91. The van der Waals surface area contributed by atoms with Crippen LogP contribution in [0, 0.1) is 0 Å². The van der Waals surface area contributed by atoms with Crippen molar-refractivity contribution in [2.24, 2.45) is 0 Å². The number of hydrogen-bond acceptors (Lipinski definition) is 4. The summed E-state index contributed by atoms with van der Waals surface area (Å²) >= 11 is 0. The van der Waals surface area contributed by atoms with Gasteiger partial charge in [-0.15, -0.1) is 0 Å². The van der Waals surface area contributed by atoms with Crippen LogP contribution >= 0.6 is 0 Å². The number of fused-ring (bicyclic) bond motifs is 3. The van der Waals surface area contributed by atoms with Crippen LogP contribution in [0.1, 0.15) is 31.8 Å². The second-order valence-corrected chi connectivity index (χ2v) is 7.12. The fraction of sp³-hybridized carbons (Fsp3) is 0.174. The van der Waals surface area contributed by atoms with Gasteiger partial charge >= 0.3 is 0 Å². The maximum atomic E-state index is 12.6. The first-order valence-electron chi connectivity index (χ1n) is 9.32. The fourth-order valence-electron chi connectivity index (χ4n) is 3.32. The lowest BCUT2D eigenvalue weighted by molar-refractivity contribution is 0.0827. The van der Waals surface area contributed by atoms with Crippen LogP contribution in [0.25, 0.3) is 11.1 Å². The fourth-order valence-corrected chi connectivity index (χ4v) is 3.32. The number of hydrogen-bond donors (Lipinski definition) is 1. The van der Waals surface area contributed by atoms with E-state index in [2.05, 4.69) is 10.3 Å². The van der Waals surface area contributed by atoms with Crippen LogP contribution < -0.4 is 10.1 Å². The Morgan fingerprint density at radius 1 is 1.07 bits per heavy atom. The van der Waals surface area contributed by atoms with Gasteiger partial charge in [0, 0.05) is 55.3 Å².